The molecule has 2 bridgehead atoms. The molecule has 2 aromatic rings. The number of amides is 2. The number of aliphatic hydroxyl groups excluding tert-OH is 1. The Labute approximate surface area is 183 Å². The Morgan fingerprint density at radius 1 is 1.32 bits per heavy atom. The van der Waals surface area contributed by atoms with Crippen molar-refractivity contribution >= 4 is 34.4 Å². The van der Waals surface area contributed by atoms with Gasteiger partial charge in [-0.2, -0.15) is 0 Å². The van der Waals surface area contributed by atoms with Gasteiger partial charge in [-0.1, -0.05) is 18.0 Å². The van der Waals surface area contributed by atoms with Crippen LogP contribution in [0, 0.1) is 18.8 Å². The lowest BCUT2D eigenvalue weighted by Gasteiger charge is -2.25. The zero-order valence-electron chi connectivity index (χ0n) is 17.2. The van der Waals surface area contributed by atoms with Crippen LogP contribution < -0.4 is 21.0 Å². The third kappa shape index (κ3) is 4.55. The highest BCUT2D eigenvalue weighted by molar-refractivity contribution is 6.31. The number of fused-ring (bicyclic) bond motifs is 3. The molecule has 8 nitrogen and oxygen atoms in total. The minimum Gasteiger partial charge on any atom is -0.484 e. The lowest BCUT2D eigenvalue weighted by atomic mass is 9.95. The Morgan fingerprint density at radius 3 is 2.81 bits per heavy atom. The molecule has 1 aromatic carbocycles. The number of nitrogens with one attached hydrogen (secondary N) is 2. The Kier molecular flexibility index (Phi) is 6.20. The molecule has 2 amide bonds. The summed E-state index contributed by atoms with van der Waals surface area (Å²) in [5.74, 6) is 0.569. The highest BCUT2D eigenvalue weighted by Crippen LogP contribution is 2.44. The van der Waals surface area contributed by atoms with E-state index in [4.69, 9.17) is 20.8 Å². The van der Waals surface area contributed by atoms with Crippen molar-refractivity contribution in [2.75, 3.05) is 13.2 Å². The normalized spacial score (nSPS) is 23.0. The van der Waals surface area contributed by atoms with Gasteiger partial charge >= 0.3 is 5.63 Å². The SMILES string of the molecule is Cc1c(Cl)c(=O)oc2cc(OCC(=O)NC(CO)C(=O)NC3CC4CCC3C4)ccc12. The zero-order chi connectivity index (χ0) is 22.1. The second kappa shape index (κ2) is 8.88. The third-order valence-corrected chi connectivity index (χ3v) is 6.78. The molecule has 4 atom stereocenters. The van der Waals surface area contributed by atoms with E-state index >= 15 is 0 Å². The van der Waals surface area contributed by atoms with E-state index < -0.39 is 24.2 Å². The molecule has 31 heavy (non-hydrogen) atoms. The van der Waals surface area contributed by atoms with Crippen LogP contribution in [0.4, 0.5) is 0 Å². The fraction of sp³-hybridized carbons (Fsp3) is 0.500. The van der Waals surface area contributed by atoms with Crippen LogP contribution in [0.1, 0.15) is 31.2 Å². The molecule has 0 spiro atoms. The molecule has 2 aliphatic carbocycles. The number of aliphatic hydroxyl groups is 1. The molecule has 2 saturated carbocycles. The van der Waals surface area contributed by atoms with Crippen molar-refractivity contribution in [3.8, 4) is 5.75 Å². The van der Waals surface area contributed by atoms with E-state index in [0.717, 1.165) is 19.3 Å². The highest BCUT2D eigenvalue weighted by Gasteiger charge is 2.40. The second-order valence-corrected chi connectivity index (χ2v) is 8.75. The summed E-state index contributed by atoms with van der Waals surface area (Å²) in [6.45, 7) is 0.853. The lowest BCUT2D eigenvalue weighted by Crippen LogP contribution is -2.53. The molecule has 1 aromatic heterocycles. The summed E-state index contributed by atoms with van der Waals surface area (Å²) >= 11 is 5.92. The number of carbonyl (C=O) groups is 2. The van der Waals surface area contributed by atoms with Gasteiger partial charge in [-0.15, -0.1) is 0 Å². The van der Waals surface area contributed by atoms with Crippen molar-refractivity contribution in [3.05, 3.63) is 39.2 Å². The van der Waals surface area contributed by atoms with E-state index in [0.29, 0.717) is 34.1 Å². The summed E-state index contributed by atoms with van der Waals surface area (Å²) in [6.07, 6.45) is 4.46. The molecular weight excluding hydrogens is 424 g/mol. The maximum absolute atomic E-state index is 12.5. The number of ether oxygens (including phenoxy) is 1. The summed E-state index contributed by atoms with van der Waals surface area (Å²) in [6, 6.07) is 3.90. The summed E-state index contributed by atoms with van der Waals surface area (Å²) < 4.78 is 10.6. The molecule has 2 aliphatic rings. The standard InChI is InChI=1S/C22H25ClN2O6/c1-11-15-5-4-14(8-18(15)31-22(29)20(11)23)30-10-19(27)24-17(9-26)21(28)25-16-7-12-2-3-13(16)6-12/h4-5,8,12-13,16-17,26H,2-3,6-7,9-10H2,1H3,(H,24,27)(H,25,28). The van der Waals surface area contributed by atoms with E-state index in [1.165, 1.54) is 12.5 Å². The molecular formula is C22H25ClN2O6. The molecule has 0 saturated heterocycles. The van der Waals surface area contributed by atoms with Gasteiger partial charge in [0.05, 0.1) is 6.61 Å². The van der Waals surface area contributed by atoms with Crippen LogP contribution in [-0.2, 0) is 9.59 Å². The van der Waals surface area contributed by atoms with Crippen molar-refractivity contribution in [1.29, 1.82) is 0 Å². The minimum atomic E-state index is -1.03. The number of aryl methyl sites for hydroxylation is 1. The fourth-order valence-electron chi connectivity index (χ4n) is 4.69. The van der Waals surface area contributed by atoms with E-state index in [9.17, 15) is 19.5 Å². The van der Waals surface area contributed by atoms with E-state index in [2.05, 4.69) is 10.6 Å². The summed E-state index contributed by atoms with van der Waals surface area (Å²) in [4.78, 5) is 36.5. The molecule has 1 heterocycles. The first kappa shape index (κ1) is 21.6. The number of hydrogen-bond acceptors (Lipinski definition) is 6. The van der Waals surface area contributed by atoms with Crippen molar-refractivity contribution in [3.63, 3.8) is 0 Å². The largest absolute Gasteiger partial charge is 0.484 e. The van der Waals surface area contributed by atoms with Crippen molar-refractivity contribution in [2.24, 2.45) is 11.8 Å². The summed E-state index contributed by atoms with van der Waals surface area (Å²) in [5.41, 5.74) is 0.252. The first-order chi connectivity index (χ1) is 14.9. The summed E-state index contributed by atoms with van der Waals surface area (Å²) in [7, 11) is 0. The third-order valence-electron chi connectivity index (χ3n) is 6.34. The van der Waals surface area contributed by atoms with Crippen LogP contribution in [0.3, 0.4) is 0 Å². The van der Waals surface area contributed by atoms with Gasteiger partial charge in [-0.3, -0.25) is 9.59 Å². The van der Waals surface area contributed by atoms with Crippen molar-refractivity contribution in [1.82, 2.24) is 10.6 Å². The Morgan fingerprint density at radius 2 is 2.13 bits per heavy atom. The average molecular weight is 449 g/mol. The van der Waals surface area contributed by atoms with Crippen LogP contribution in [0.25, 0.3) is 11.0 Å². The number of rotatable bonds is 7. The van der Waals surface area contributed by atoms with E-state index in [1.807, 2.05) is 0 Å². The molecule has 3 N–H and O–H groups in total. The van der Waals surface area contributed by atoms with Gasteiger partial charge in [0.25, 0.3) is 5.91 Å². The predicted octanol–water partition coefficient (Wildman–Crippen LogP) is 1.92. The Balaban J connectivity index is 1.33. The highest BCUT2D eigenvalue weighted by atomic mass is 35.5. The molecule has 0 radical (unpaired) electrons. The Bertz CT molecular complexity index is 1070. The smallest absolute Gasteiger partial charge is 0.355 e. The van der Waals surface area contributed by atoms with Crippen LogP contribution >= 0.6 is 11.6 Å². The minimum absolute atomic E-state index is 0.0271. The maximum atomic E-state index is 12.5. The maximum Gasteiger partial charge on any atom is 0.355 e. The zero-order valence-corrected chi connectivity index (χ0v) is 17.9. The van der Waals surface area contributed by atoms with Gasteiger partial charge in [0, 0.05) is 17.5 Å². The molecule has 166 valence electrons. The van der Waals surface area contributed by atoms with Crippen molar-refractivity contribution < 1.29 is 23.8 Å². The molecule has 2 fully saturated rings. The number of halogens is 1. The van der Waals surface area contributed by atoms with Crippen LogP contribution in [0.5, 0.6) is 5.75 Å². The van der Waals surface area contributed by atoms with Crippen LogP contribution in [0.15, 0.2) is 27.4 Å². The molecule has 4 rings (SSSR count). The van der Waals surface area contributed by atoms with Crippen LogP contribution in [-0.4, -0.2) is 42.2 Å². The van der Waals surface area contributed by atoms with Gasteiger partial charge in [-0.25, -0.2) is 4.79 Å². The lowest BCUT2D eigenvalue weighted by molar-refractivity contribution is -0.131. The monoisotopic (exact) mass is 448 g/mol. The number of benzene rings is 1. The summed E-state index contributed by atoms with van der Waals surface area (Å²) in [5, 5.41) is 15.7. The van der Waals surface area contributed by atoms with Gasteiger partial charge in [0.2, 0.25) is 5.91 Å². The predicted molar refractivity (Wildman–Crippen MR) is 114 cm³/mol. The fourth-order valence-corrected chi connectivity index (χ4v) is 4.83. The average Bonchev–Trinajstić information content (AvgIpc) is 3.37. The topological polar surface area (TPSA) is 118 Å². The van der Waals surface area contributed by atoms with Gasteiger partial charge in [0.1, 0.15) is 22.4 Å². The number of hydrogen-bond donors (Lipinski definition) is 3. The van der Waals surface area contributed by atoms with Crippen LogP contribution in [0.2, 0.25) is 5.02 Å². The Hall–Kier alpha value is -2.58. The van der Waals surface area contributed by atoms with E-state index in [-0.39, 0.29) is 23.6 Å². The molecule has 0 aliphatic heterocycles. The van der Waals surface area contributed by atoms with E-state index in [1.54, 1.807) is 19.1 Å². The van der Waals surface area contributed by atoms with Crippen molar-refractivity contribution in [2.45, 2.75) is 44.7 Å². The van der Waals surface area contributed by atoms with Gasteiger partial charge < -0.3 is 24.9 Å². The number of carbonyl (C=O) groups excluding carboxylic acids is 2. The first-order valence-electron chi connectivity index (χ1n) is 10.4. The first-order valence-corrected chi connectivity index (χ1v) is 10.8. The van der Waals surface area contributed by atoms with Gasteiger partial charge in [0.15, 0.2) is 6.61 Å². The van der Waals surface area contributed by atoms with Gasteiger partial charge in [-0.05, 0) is 55.7 Å². The molecule has 4 unspecified atom stereocenters. The second-order valence-electron chi connectivity index (χ2n) is 8.37. The quantitative estimate of drug-likeness (QED) is 0.557. The molecule has 9 heteroatoms.